The standard InChI is InChI=1S/C22H25N3O3S/c1-15-5-6-16(2)17(14-15)25-21(27)19(18-4-3-13-29-18)20(22(25)28)24-9-7-23(8-10-24)11-12-26/h3-6,13-14,26H,7-12H2,1-2H3. The van der Waals surface area contributed by atoms with Crippen LogP contribution in [0.4, 0.5) is 5.69 Å². The number of β-amino-alcohol motifs (C(OH)–C–C–N with tert-alkyl or cyclic N) is 1. The van der Waals surface area contributed by atoms with Gasteiger partial charge in [-0.3, -0.25) is 14.5 Å². The van der Waals surface area contributed by atoms with Crippen LogP contribution in [0.5, 0.6) is 0 Å². The normalized spacial score (nSPS) is 18.3. The number of rotatable bonds is 5. The molecule has 4 rings (SSSR count). The second-order valence-electron chi connectivity index (χ2n) is 7.49. The third kappa shape index (κ3) is 3.61. The lowest BCUT2D eigenvalue weighted by Gasteiger charge is -2.36. The van der Waals surface area contributed by atoms with Gasteiger partial charge in [-0.25, -0.2) is 4.90 Å². The number of hydrogen-bond donors (Lipinski definition) is 1. The van der Waals surface area contributed by atoms with Crippen LogP contribution in [0.2, 0.25) is 0 Å². The molecule has 6 nitrogen and oxygen atoms in total. The topological polar surface area (TPSA) is 64.1 Å². The number of aliphatic hydroxyl groups is 1. The second kappa shape index (κ2) is 8.10. The number of hydrogen-bond acceptors (Lipinski definition) is 6. The van der Waals surface area contributed by atoms with Crippen LogP contribution in [-0.2, 0) is 9.59 Å². The van der Waals surface area contributed by atoms with Crippen molar-refractivity contribution in [3.63, 3.8) is 0 Å². The van der Waals surface area contributed by atoms with Crippen LogP contribution in [0.25, 0.3) is 5.57 Å². The number of thiophene rings is 1. The van der Waals surface area contributed by atoms with Gasteiger partial charge in [-0.2, -0.15) is 0 Å². The summed E-state index contributed by atoms with van der Waals surface area (Å²) >= 11 is 1.48. The third-order valence-corrected chi connectivity index (χ3v) is 6.42. The van der Waals surface area contributed by atoms with E-state index in [-0.39, 0.29) is 18.4 Å². The van der Waals surface area contributed by atoms with E-state index >= 15 is 0 Å². The average molecular weight is 412 g/mol. The van der Waals surface area contributed by atoms with Crippen LogP contribution in [0.1, 0.15) is 16.0 Å². The van der Waals surface area contributed by atoms with Crippen molar-refractivity contribution in [2.75, 3.05) is 44.2 Å². The summed E-state index contributed by atoms with van der Waals surface area (Å²) in [6.45, 7) is 7.47. The quantitative estimate of drug-likeness (QED) is 0.765. The van der Waals surface area contributed by atoms with Gasteiger partial charge in [0.2, 0.25) is 0 Å². The van der Waals surface area contributed by atoms with Gasteiger partial charge in [0.15, 0.2) is 0 Å². The zero-order chi connectivity index (χ0) is 20.5. The summed E-state index contributed by atoms with van der Waals surface area (Å²) in [4.78, 5) is 33.4. The van der Waals surface area contributed by atoms with Crippen molar-refractivity contribution in [1.29, 1.82) is 0 Å². The summed E-state index contributed by atoms with van der Waals surface area (Å²) in [6, 6.07) is 9.64. The van der Waals surface area contributed by atoms with Crippen LogP contribution in [-0.4, -0.2) is 66.1 Å². The van der Waals surface area contributed by atoms with Crippen molar-refractivity contribution in [3.05, 3.63) is 57.4 Å². The molecule has 1 aromatic carbocycles. The van der Waals surface area contributed by atoms with Crippen molar-refractivity contribution in [2.45, 2.75) is 13.8 Å². The molecule has 1 N–H and O–H groups in total. The summed E-state index contributed by atoms with van der Waals surface area (Å²) in [5.41, 5.74) is 3.57. The lowest BCUT2D eigenvalue weighted by Crippen LogP contribution is -2.48. The molecule has 2 amide bonds. The molecular formula is C22H25N3O3S. The van der Waals surface area contributed by atoms with E-state index in [4.69, 9.17) is 0 Å². The molecule has 29 heavy (non-hydrogen) atoms. The molecule has 0 radical (unpaired) electrons. The maximum atomic E-state index is 13.5. The molecule has 0 saturated carbocycles. The van der Waals surface area contributed by atoms with E-state index in [2.05, 4.69) is 4.90 Å². The Morgan fingerprint density at radius 3 is 2.45 bits per heavy atom. The van der Waals surface area contributed by atoms with Crippen LogP contribution in [0.3, 0.4) is 0 Å². The smallest absolute Gasteiger partial charge is 0.282 e. The molecule has 0 bridgehead atoms. The van der Waals surface area contributed by atoms with Crippen LogP contribution in [0, 0.1) is 13.8 Å². The Bertz CT molecular complexity index is 960. The zero-order valence-corrected chi connectivity index (χ0v) is 17.5. The lowest BCUT2D eigenvalue weighted by molar-refractivity contribution is -0.120. The molecule has 0 aliphatic carbocycles. The first kappa shape index (κ1) is 19.8. The number of piperazine rings is 1. The van der Waals surface area contributed by atoms with Gasteiger partial charge in [-0.05, 0) is 42.5 Å². The predicted molar refractivity (Wildman–Crippen MR) is 115 cm³/mol. The molecule has 0 unspecified atom stereocenters. The molecular weight excluding hydrogens is 386 g/mol. The first-order chi connectivity index (χ1) is 14.0. The number of aliphatic hydroxyl groups excluding tert-OH is 1. The number of aryl methyl sites for hydroxylation is 2. The van der Waals surface area contributed by atoms with Crippen LogP contribution >= 0.6 is 11.3 Å². The van der Waals surface area contributed by atoms with Crippen LogP contribution < -0.4 is 4.90 Å². The minimum Gasteiger partial charge on any atom is -0.395 e. The second-order valence-corrected chi connectivity index (χ2v) is 8.44. The van der Waals surface area contributed by atoms with Gasteiger partial charge < -0.3 is 10.0 Å². The summed E-state index contributed by atoms with van der Waals surface area (Å²) < 4.78 is 0. The molecule has 2 aliphatic heterocycles. The first-order valence-electron chi connectivity index (χ1n) is 9.83. The number of amides is 2. The van der Waals surface area contributed by atoms with E-state index in [9.17, 15) is 14.7 Å². The minimum atomic E-state index is -0.251. The van der Waals surface area contributed by atoms with E-state index in [1.54, 1.807) is 0 Å². The molecule has 0 spiro atoms. The fourth-order valence-corrected chi connectivity index (χ4v) is 4.73. The van der Waals surface area contributed by atoms with Gasteiger partial charge in [-0.15, -0.1) is 11.3 Å². The molecule has 1 fully saturated rings. The zero-order valence-electron chi connectivity index (χ0n) is 16.7. The molecule has 1 saturated heterocycles. The maximum Gasteiger partial charge on any atom is 0.282 e. The van der Waals surface area contributed by atoms with Gasteiger partial charge in [-0.1, -0.05) is 18.2 Å². The highest BCUT2D eigenvalue weighted by molar-refractivity contribution is 7.11. The van der Waals surface area contributed by atoms with Crippen molar-refractivity contribution in [3.8, 4) is 0 Å². The maximum absolute atomic E-state index is 13.5. The number of anilines is 1. The third-order valence-electron chi connectivity index (χ3n) is 5.54. The van der Waals surface area contributed by atoms with Crippen LogP contribution in [0.15, 0.2) is 41.4 Å². The fraction of sp³-hybridized carbons (Fsp3) is 0.364. The van der Waals surface area contributed by atoms with E-state index in [1.165, 1.54) is 16.2 Å². The van der Waals surface area contributed by atoms with E-state index in [0.717, 1.165) is 29.1 Å². The molecule has 2 aliphatic rings. The molecule has 7 heteroatoms. The Hall–Kier alpha value is -2.48. The first-order valence-corrected chi connectivity index (χ1v) is 10.7. The van der Waals surface area contributed by atoms with E-state index < -0.39 is 0 Å². The Labute approximate surface area is 174 Å². The monoisotopic (exact) mass is 411 g/mol. The largest absolute Gasteiger partial charge is 0.395 e. The van der Waals surface area contributed by atoms with Crippen molar-refractivity contribution in [1.82, 2.24) is 9.80 Å². The van der Waals surface area contributed by atoms with Gasteiger partial charge in [0.25, 0.3) is 11.8 Å². The minimum absolute atomic E-state index is 0.126. The van der Waals surface area contributed by atoms with Crippen molar-refractivity contribution < 1.29 is 14.7 Å². The molecule has 152 valence electrons. The summed E-state index contributed by atoms with van der Waals surface area (Å²) in [6.07, 6.45) is 0. The molecule has 2 aromatic rings. The molecule has 1 aromatic heterocycles. The molecule has 3 heterocycles. The van der Waals surface area contributed by atoms with Gasteiger partial charge in [0, 0.05) is 37.6 Å². The number of carbonyl (C=O) groups is 2. The van der Waals surface area contributed by atoms with Gasteiger partial charge in [0.05, 0.1) is 17.9 Å². The highest BCUT2D eigenvalue weighted by Crippen LogP contribution is 2.38. The van der Waals surface area contributed by atoms with Gasteiger partial charge >= 0.3 is 0 Å². The summed E-state index contributed by atoms with van der Waals surface area (Å²) in [7, 11) is 0. The van der Waals surface area contributed by atoms with Gasteiger partial charge in [0.1, 0.15) is 5.70 Å². The Kier molecular flexibility index (Phi) is 5.54. The van der Waals surface area contributed by atoms with Crippen molar-refractivity contribution in [2.24, 2.45) is 0 Å². The summed E-state index contributed by atoms with van der Waals surface area (Å²) in [5.74, 6) is -0.498. The molecule has 0 atom stereocenters. The highest BCUT2D eigenvalue weighted by atomic mass is 32.1. The Morgan fingerprint density at radius 1 is 1.03 bits per heavy atom. The summed E-state index contributed by atoms with van der Waals surface area (Å²) in [5, 5.41) is 11.1. The Balaban J connectivity index is 1.73. The lowest BCUT2D eigenvalue weighted by atomic mass is 10.1. The number of imide groups is 1. The SMILES string of the molecule is Cc1ccc(C)c(N2C(=O)C(c3cccs3)=C(N3CCN(CCO)CC3)C2=O)c1. The Morgan fingerprint density at radius 2 is 1.79 bits per heavy atom. The number of nitrogens with zero attached hydrogens (tertiary/aromatic N) is 3. The predicted octanol–water partition coefficient (Wildman–Crippen LogP) is 2.26. The highest BCUT2D eigenvalue weighted by Gasteiger charge is 2.43. The fourth-order valence-electron chi connectivity index (χ4n) is 3.97. The number of benzene rings is 1. The van der Waals surface area contributed by atoms with E-state index in [1.807, 2.05) is 54.5 Å². The van der Waals surface area contributed by atoms with E-state index in [0.29, 0.717) is 36.6 Å². The van der Waals surface area contributed by atoms with Crippen molar-refractivity contribution >= 4 is 34.4 Å². The number of carbonyl (C=O) groups excluding carboxylic acids is 2. The average Bonchev–Trinajstić information content (AvgIpc) is 3.31.